The summed E-state index contributed by atoms with van der Waals surface area (Å²) in [6.45, 7) is 1.18. The van der Waals surface area contributed by atoms with Crippen LogP contribution in [0.3, 0.4) is 0 Å². The zero-order valence-electron chi connectivity index (χ0n) is 19.0. The van der Waals surface area contributed by atoms with Crippen LogP contribution in [-0.2, 0) is 17.5 Å². The molecule has 0 spiro atoms. The van der Waals surface area contributed by atoms with Crippen molar-refractivity contribution in [1.82, 2.24) is 19.4 Å². The van der Waals surface area contributed by atoms with Gasteiger partial charge in [0.05, 0.1) is 29.0 Å². The van der Waals surface area contributed by atoms with Gasteiger partial charge >= 0.3 is 17.8 Å². The average molecular weight is 525 g/mol. The zero-order chi connectivity index (χ0) is 26.5. The Bertz CT molecular complexity index is 1460. The number of aromatic nitrogens is 2. The van der Waals surface area contributed by atoms with Crippen molar-refractivity contribution in [1.29, 1.82) is 0 Å². The normalized spacial score (nSPS) is 19.7. The molecule has 13 heteroatoms. The van der Waals surface area contributed by atoms with Crippen molar-refractivity contribution in [2.75, 3.05) is 7.05 Å². The number of nitrogens with one attached hydrogen (secondary N) is 1. The predicted molar refractivity (Wildman–Crippen MR) is 124 cm³/mol. The molecule has 1 aromatic carbocycles. The van der Waals surface area contributed by atoms with Crippen LogP contribution in [-0.4, -0.2) is 50.1 Å². The molecule has 0 bridgehead atoms. The van der Waals surface area contributed by atoms with E-state index in [0.29, 0.717) is 16.7 Å². The minimum atomic E-state index is -4.79. The minimum absolute atomic E-state index is 0.138. The first-order valence-corrected chi connectivity index (χ1v) is 11.1. The van der Waals surface area contributed by atoms with Crippen LogP contribution in [0.4, 0.5) is 13.2 Å². The predicted octanol–water partition coefficient (Wildman–Crippen LogP) is 2.38. The molecule has 1 fully saturated rings. The van der Waals surface area contributed by atoms with Crippen molar-refractivity contribution in [3.05, 3.63) is 84.8 Å². The fourth-order valence-corrected chi connectivity index (χ4v) is 4.63. The zero-order valence-corrected chi connectivity index (χ0v) is 19.7. The monoisotopic (exact) mass is 524 g/mol. The number of alkyl halides is 3. The molecule has 36 heavy (non-hydrogen) atoms. The van der Waals surface area contributed by atoms with Crippen LogP contribution in [0.25, 0.3) is 5.70 Å². The Balaban J connectivity index is 1.86. The lowest BCUT2D eigenvalue weighted by Crippen LogP contribution is -2.45. The van der Waals surface area contributed by atoms with Crippen LogP contribution in [0.2, 0.25) is 5.02 Å². The van der Waals surface area contributed by atoms with Gasteiger partial charge in [-0.3, -0.25) is 24.0 Å². The SMILES string of the molecule is CCC1NC2C(=O)C(n3cc(C(=O)O)c(=O)n(Cc4cccc(C(F)(F)F)c4Cl)c3=O)=CC=C2N1C. The second-order valence-electron chi connectivity index (χ2n) is 8.31. The topological polar surface area (TPSA) is 114 Å². The number of aromatic carboxylic acids is 1. The van der Waals surface area contributed by atoms with Gasteiger partial charge in [0.15, 0.2) is 0 Å². The van der Waals surface area contributed by atoms with E-state index in [9.17, 15) is 37.5 Å². The lowest BCUT2D eigenvalue weighted by Gasteiger charge is -2.23. The summed E-state index contributed by atoms with van der Waals surface area (Å²) in [6, 6.07) is 2.19. The highest BCUT2D eigenvalue weighted by Crippen LogP contribution is 2.36. The van der Waals surface area contributed by atoms with E-state index in [-0.39, 0.29) is 17.4 Å². The largest absolute Gasteiger partial charge is 0.477 e. The van der Waals surface area contributed by atoms with Gasteiger partial charge < -0.3 is 10.0 Å². The molecule has 2 aliphatic rings. The number of ketones is 1. The Kier molecular flexibility index (Phi) is 6.43. The van der Waals surface area contributed by atoms with E-state index >= 15 is 0 Å². The highest BCUT2D eigenvalue weighted by atomic mass is 35.5. The number of hydrogen-bond acceptors (Lipinski definition) is 6. The second-order valence-corrected chi connectivity index (χ2v) is 8.69. The molecule has 0 saturated carbocycles. The number of Topliss-reactive ketones (excluding diaryl/α,β-unsaturated/α-hetero) is 1. The fraction of sp³-hybridized carbons (Fsp3) is 0.304. The highest BCUT2D eigenvalue weighted by molar-refractivity contribution is 6.32. The summed E-state index contributed by atoms with van der Waals surface area (Å²) in [5.74, 6) is -2.21. The third-order valence-electron chi connectivity index (χ3n) is 6.22. The van der Waals surface area contributed by atoms with Crippen LogP contribution >= 0.6 is 11.6 Å². The lowest BCUT2D eigenvalue weighted by atomic mass is 10.0. The molecule has 2 atom stereocenters. The lowest BCUT2D eigenvalue weighted by molar-refractivity contribution is -0.137. The Morgan fingerprint density at radius 3 is 2.50 bits per heavy atom. The van der Waals surface area contributed by atoms with Crippen LogP contribution in [0.15, 0.2) is 51.8 Å². The molecule has 1 aliphatic carbocycles. The number of carbonyl (C=O) groups is 2. The molecule has 1 saturated heterocycles. The quantitative estimate of drug-likeness (QED) is 0.617. The summed E-state index contributed by atoms with van der Waals surface area (Å²) >= 11 is 5.92. The molecule has 2 aromatic rings. The van der Waals surface area contributed by atoms with E-state index in [2.05, 4.69) is 5.32 Å². The second kappa shape index (κ2) is 9.10. The Labute approximate surface area is 206 Å². The number of carboxylic acids is 1. The molecule has 2 unspecified atom stereocenters. The van der Waals surface area contributed by atoms with E-state index in [1.807, 2.05) is 11.8 Å². The van der Waals surface area contributed by atoms with E-state index < -0.39 is 57.9 Å². The standard InChI is InChI=1S/C23H20ClF3N4O5/c1-3-16-28-18-14(29(16)2)7-8-15(19(18)32)30-10-12(21(34)35)20(33)31(22(30)36)9-11-5-4-6-13(17(11)24)23(25,26)27/h4-8,10,16,18,28H,3,9H2,1-2H3,(H,34,35). The number of rotatable bonds is 5. The van der Waals surface area contributed by atoms with Crippen molar-refractivity contribution in [3.8, 4) is 0 Å². The van der Waals surface area contributed by atoms with E-state index in [0.717, 1.165) is 22.9 Å². The average Bonchev–Trinajstić information content (AvgIpc) is 3.14. The van der Waals surface area contributed by atoms with Crippen molar-refractivity contribution in [2.24, 2.45) is 0 Å². The Morgan fingerprint density at radius 1 is 1.19 bits per heavy atom. The van der Waals surface area contributed by atoms with Gasteiger partial charge in [-0.25, -0.2) is 9.59 Å². The van der Waals surface area contributed by atoms with Crippen molar-refractivity contribution in [3.63, 3.8) is 0 Å². The highest BCUT2D eigenvalue weighted by Gasteiger charge is 2.40. The van der Waals surface area contributed by atoms with Gasteiger partial charge in [0, 0.05) is 18.9 Å². The number of allylic oxidation sites excluding steroid dienone is 2. The summed E-state index contributed by atoms with van der Waals surface area (Å²) in [4.78, 5) is 53.0. The van der Waals surface area contributed by atoms with E-state index in [4.69, 9.17) is 11.6 Å². The Morgan fingerprint density at radius 2 is 1.89 bits per heavy atom. The van der Waals surface area contributed by atoms with Crippen LogP contribution in [0.1, 0.15) is 34.8 Å². The maximum absolute atomic E-state index is 13.3. The van der Waals surface area contributed by atoms with Crippen LogP contribution in [0.5, 0.6) is 0 Å². The van der Waals surface area contributed by atoms with Crippen molar-refractivity contribution in [2.45, 2.75) is 38.3 Å². The molecule has 1 aliphatic heterocycles. The molecule has 9 nitrogen and oxygen atoms in total. The number of benzene rings is 1. The van der Waals surface area contributed by atoms with Crippen molar-refractivity contribution >= 4 is 29.1 Å². The first-order chi connectivity index (χ1) is 16.9. The number of fused-ring (bicyclic) bond motifs is 1. The van der Waals surface area contributed by atoms with Gasteiger partial charge in [-0.1, -0.05) is 30.7 Å². The van der Waals surface area contributed by atoms with E-state index in [1.54, 1.807) is 13.1 Å². The van der Waals surface area contributed by atoms with Gasteiger partial charge in [-0.05, 0) is 30.2 Å². The first kappa shape index (κ1) is 25.5. The van der Waals surface area contributed by atoms with Gasteiger partial charge in [-0.15, -0.1) is 0 Å². The number of carbonyl (C=O) groups excluding carboxylic acids is 1. The Hall–Kier alpha value is -3.64. The number of hydrogen-bond donors (Lipinski definition) is 2. The van der Waals surface area contributed by atoms with Crippen LogP contribution < -0.4 is 16.6 Å². The summed E-state index contributed by atoms with van der Waals surface area (Å²) in [5.41, 5.74) is -4.13. The number of halogens is 4. The molecule has 2 N–H and O–H groups in total. The molecular weight excluding hydrogens is 505 g/mol. The molecule has 2 heterocycles. The molecule has 0 radical (unpaired) electrons. The van der Waals surface area contributed by atoms with E-state index in [1.165, 1.54) is 12.1 Å². The van der Waals surface area contributed by atoms with Gasteiger partial charge in [0.1, 0.15) is 11.6 Å². The smallest absolute Gasteiger partial charge is 0.417 e. The number of carboxylic acid groups (broad SMARTS) is 1. The fourth-order valence-electron chi connectivity index (χ4n) is 4.33. The van der Waals surface area contributed by atoms with Gasteiger partial charge in [0.2, 0.25) is 5.78 Å². The van der Waals surface area contributed by atoms with Gasteiger partial charge in [0.25, 0.3) is 5.56 Å². The maximum Gasteiger partial charge on any atom is 0.417 e. The molecule has 1 aromatic heterocycles. The molecule has 190 valence electrons. The van der Waals surface area contributed by atoms with Gasteiger partial charge in [-0.2, -0.15) is 13.2 Å². The summed E-state index contributed by atoms with van der Waals surface area (Å²) in [6.07, 6.45) is -0.558. The summed E-state index contributed by atoms with van der Waals surface area (Å²) in [5, 5.41) is 12.0. The summed E-state index contributed by atoms with van der Waals surface area (Å²) < 4.78 is 41.0. The number of nitrogens with zero attached hydrogens (tertiary/aromatic N) is 3. The first-order valence-electron chi connectivity index (χ1n) is 10.8. The third kappa shape index (κ3) is 4.16. The third-order valence-corrected chi connectivity index (χ3v) is 6.66. The number of likely N-dealkylation sites (N-methyl/N-ethyl adjacent to an activating group) is 1. The van der Waals surface area contributed by atoms with Crippen molar-refractivity contribution < 1.29 is 27.9 Å². The molecular formula is C23H20ClF3N4O5. The van der Waals surface area contributed by atoms with Crippen LogP contribution in [0, 0.1) is 0 Å². The minimum Gasteiger partial charge on any atom is -0.477 e. The molecule has 0 amide bonds. The molecule has 4 rings (SSSR count). The maximum atomic E-state index is 13.3. The summed E-state index contributed by atoms with van der Waals surface area (Å²) in [7, 11) is 1.80.